The molecule has 4 nitrogen and oxygen atoms in total. The van der Waals surface area contributed by atoms with Crippen LogP contribution in [0.3, 0.4) is 0 Å². The van der Waals surface area contributed by atoms with Gasteiger partial charge in [0.05, 0.1) is 6.21 Å². The highest BCUT2D eigenvalue weighted by molar-refractivity contribution is 7.99. The Bertz CT molecular complexity index is 1140. The van der Waals surface area contributed by atoms with Crippen molar-refractivity contribution in [3.05, 3.63) is 80.4 Å². The van der Waals surface area contributed by atoms with Gasteiger partial charge >= 0.3 is 0 Å². The van der Waals surface area contributed by atoms with Crippen LogP contribution < -0.4 is 0 Å². The van der Waals surface area contributed by atoms with Gasteiger partial charge in [-0.25, -0.2) is 4.98 Å². The highest BCUT2D eigenvalue weighted by atomic mass is 35.5. The summed E-state index contributed by atoms with van der Waals surface area (Å²) in [6.07, 6.45) is 3.62. The number of fused-ring (bicyclic) bond motifs is 1. The van der Waals surface area contributed by atoms with E-state index in [2.05, 4.69) is 10.1 Å². The van der Waals surface area contributed by atoms with Crippen molar-refractivity contribution in [2.24, 2.45) is 5.16 Å². The second kappa shape index (κ2) is 8.76. The lowest BCUT2D eigenvalue weighted by Gasteiger charge is -2.03. The normalized spacial score (nSPS) is 11.5. The number of oxime groups is 1. The summed E-state index contributed by atoms with van der Waals surface area (Å²) >= 11 is 21.1. The van der Waals surface area contributed by atoms with E-state index in [9.17, 15) is 0 Å². The topological polar surface area (TPSA) is 38.9 Å². The highest BCUT2D eigenvalue weighted by Gasteiger charge is 2.13. The third kappa shape index (κ3) is 4.47. The molecule has 0 aliphatic carbocycles. The molecule has 9 heteroatoms. The summed E-state index contributed by atoms with van der Waals surface area (Å²) in [6.45, 7) is 0.248. The van der Waals surface area contributed by atoms with Crippen LogP contribution in [0.1, 0.15) is 11.3 Å². The third-order valence-electron chi connectivity index (χ3n) is 3.78. The molecule has 0 fully saturated rings. The number of thiazole rings is 1. The zero-order valence-electron chi connectivity index (χ0n) is 14.2. The minimum atomic E-state index is 0.248. The number of halogens is 3. The highest BCUT2D eigenvalue weighted by Crippen LogP contribution is 2.31. The minimum Gasteiger partial charge on any atom is -0.391 e. The molecule has 0 spiro atoms. The zero-order chi connectivity index (χ0) is 19.5. The maximum absolute atomic E-state index is 6.16. The molecule has 2 aromatic carbocycles. The smallest absolute Gasteiger partial charge is 0.195 e. The number of hydrogen-bond donors (Lipinski definition) is 0. The molecule has 0 radical (unpaired) electrons. The van der Waals surface area contributed by atoms with Crippen molar-refractivity contribution >= 4 is 69.1 Å². The fourth-order valence-corrected chi connectivity index (χ4v) is 4.67. The zero-order valence-corrected chi connectivity index (χ0v) is 18.1. The molecule has 0 aliphatic rings. The van der Waals surface area contributed by atoms with Gasteiger partial charge in [-0.05, 0) is 36.4 Å². The molecule has 4 rings (SSSR count). The molecule has 4 aromatic rings. The van der Waals surface area contributed by atoms with Gasteiger partial charge in [0, 0.05) is 37.1 Å². The molecular weight excluding hydrogens is 457 g/mol. The van der Waals surface area contributed by atoms with Gasteiger partial charge in [-0.3, -0.25) is 4.40 Å². The fraction of sp³-hybridized carbons (Fsp3) is 0.0526. The van der Waals surface area contributed by atoms with E-state index in [4.69, 9.17) is 39.6 Å². The first kappa shape index (κ1) is 19.6. The Hall–Kier alpha value is -1.70. The number of benzene rings is 2. The van der Waals surface area contributed by atoms with E-state index in [1.54, 1.807) is 41.4 Å². The van der Waals surface area contributed by atoms with Gasteiger partial charge in [0.2, 0.25) is 0 Å². The van der Waals surface area contributed by atoms with Gasteiger partial charge in [0.15, 0.2) is 4.96 Å². The van der Waals surface area contributed by atoms with Gasteiger partial charge in [-0.2, -0.15) is 0 Å². The largest absolute Gasteiger partial charge is 0.391 e. The summed E-state index contributed by atoms with van der Waals surface area (Å²) < 4.78 is 1.98. The first-order valence-corrected chi connectivity index (χ1v) is 10.9. The van der Waals surface area contributed by atoms with E-state index in [0.29, 0.717) is 15.1 Å². The van der Waals surface area contributed by atoms with E-state index in [1.165, 1.54) is 0 Å². The van der Waals surface area contributed by atoms with E-state index in [1.807, 2.05) is 46.3 Å². The Balaban J connectivity index is 1.52. The van der Waals surface area contributed by atoms with Crippen LogP contribution in [0.2, 0.25) is 15.1 Å². The average molecular weight is 469 g/mol. The maximum Gasteiger partial charge on any atom is 0.195 e. The van der Waals surface area contributed by atoms with Gasteiger partial charge in [0.1, 0.15) is 17.3 Å². The van der Waals surface area contributed by atoms with Crippen molar-refractivity contribution in [3.8, 4) is 0 Å². The molecule has 2 heterocycles. The average Bonchev–Trinajstić information content (AvgIpc) is 3.24. The lowest BCUT2D eigenvalue weighted by atomic mass is 10.2. The van der Waals surface area contributed by atoms with Crippen LogP contribution in [0.25, 0.3) is 4.96 Å². The molecule has 0 saturated heterocycles. The van der Waals surface area contributed by atoms with Crippen LogP contribution in [-0.2, 0) is 11.4 Å². The monoisotopic (exact) mass is 467 g/mol. The molecule has 0 aliphatic heterocycles. The third-order valence-corrected chi connectivity index (χ3v) is 6.38. The van der Waals surface area contributed by atoms with Crippen molar-refractivity contribution in [1.29, 1.82) is 0 Å². The van der Waals surface area contributed by atoms with E-state index < -0.39 is 0 Å². The summed E-state index contributed by atoms with van der Waals surface area (Å²) in [6, 6.07) is 12.9. The Morgan fingerprint density at radius 3 is 2.68 bits per heavy atom. The molecule has 0 atom stereocenters. The molecule has 0 saturated carbocycles. The Morgan fingerprint density at radius 1 is 1.11 bits per heavy atom. The first-order chi connectivity index (χ1) is 13.6. The second-order valence-corrected chi connectivity index (χ2v) is 8.87. The number of aromatic nitrogens is 2. The van der Waals surface area contributed by atoms with Gasteiger partial charge < -0.3 is 4.84 Å². The molecule has 2 aromatic heterocycles. The number of hydrogen-bond acceptors (Lipinski definition) is 5. The van der Waals surface area contributed by atoms with Crippen molar-refractivity contribution in [3.63, 3.8) is 0 Å². The fourth-order valence-electron chi connectivity index (χ4n) is 2.42. The van der Waals surface area contributed by atoms with Gasteiger partial charge in [-0.1, -0.05) is 57.8 Å². The molecule has 28 heavy (non-hydrogen) atoms. The molecular formula is C19H12Cl3N3OS2. The SMILES string of the molecule is Clc1ccc(Sc2nc3sccn3c2/C=N/OCc2ccc(Cl)cc2Cl)cc1. The molecule has 0 bridgehead atoms. The van der Waals surface area contributed by atoms with Crippen LogP contribution >= 0.6 is 57.9 Å². The lowest BCUT2D eigenvalue weighted by molar-refractivity contribution is 0.132. The van der Waals surface area contributed by atoms with Crippen molar-refractivity contribution in [1.82, 2.24) is 9.38 Å². The maximum atomic E-state index is 6.16. The van der Waals surface area contributed by atoms with Crippen LogP contribution in [-0.4, -0.2) is 15.6 Å². The van der Waals surface area contributed by atoms with E-state index >= 15 is 0 Å². The minimum absolute atomic E-state index is 0.248. The molecule has 0 unspecified atom stereocenters. The summed E-state index contributed by atoms with van der Waals surface area (Å²) in [5.74, 6) is 0. The second-order valence-electron chi connectivity index (χ2n) is 5.66. The summed E-state index contributed by atoms with van der Waals surface area (Å²) in [5.41, 5.74) is 1.66. The van der Waals surface area contributed by atoms with E-state index in [-0.39, 0.29) is 6.61 Å². The lowest BCUT2D eigenvalue weighted by Crippen LogP contribution is -1.93. The molecule has 0 N–H and O–H groups in total. The Morgan fingerprint density at radius 2 is 1.89 bits per heavy atom. The van der Waals surface area contributed by atoms with Crippen LogP contribution in [0.5, 0.6) is 0 Å². The number of rotatable bonds is 6. The quantitative estimate of drug-likeness (QED) is 0.225. The first-order valence-electron chi connectivity index (χ1n) is 8.08. The Labute approximate surface area is 184 Å². The Kier molecular flexibility index (Phi) is 6.13. The molecule has 0 amide bonds. The molecule has 142 valence electrons. The summed E-state index contributed by atoms with van der Waals surface area (Å²) in [7, 11) is 0. The predicted molar refractivity (Wildman–Crippen MR) is 117 cm³/mol. The van der Waals surface area contributed by atoms with Crippen molar-refractivity contribution < 1.29 is 4.84 Å². The van der Waals surface area contributed by atoms with Gasteiger partial charge in [-0.15, -0.1) is 11.3 Å². The number of imidazole rings is 1. The summed E-state index contributed by atoms with van der Waals surface area (Å²) in [4.78, 5) is 12.0. The predicted octanol–water partition coefficient (Wildman–Crippen LogP) is 7.06. The van der Waals surface area contributed by atoms with Crippen molar-refractivity contribution in [2.75, 3.05) is 0 Å². The van der Waals surface area contributed by atoms with Crippen LogP contribution in [0.4, 0.5) is 0 Å². The standard InChI is InChI=1S/C19H12Cl3N3OS2/c20-13-3-5-15(6-4-13)28-18-17(25-7-8-27-19(25)24-18)10-23-26-11-12-1-2-14(21)9-16(12)22/h1-10H,11H2/b23-10+. The number of nitrogens with zero attached hydrogens (tertiary/aromatic N) is 3. The van der Waals surface area contributed by atoms with Crippen LogP contribution in [0.15, 0.2) is 69.1 Å². The van der Waals surface area contributed by atoms with Gasteiger partial charge in [0.25, 0.3) is 0 Å². The van der Waals surface area contributed by atoms with Crippen molar-refractivity contribution in [2.45, 2.75) is 16.5 Å². The van der Waals surface area contributed by atoms with E-state index in [0.717, 1.165) is 26.1 Å². The van der Waals surface area contributed by atoms with Crippen LogP contribution in [0, 0.1) is 0 Å². The summed E-state index contributed by atoms with van der Waals surface area (Å²) in [5, 5.41) is 8.76.